The Hall–Kier alpha value is -0.910. The van der Waals surface area contributed by atoms with Crippen LogP contribution in [0.4, 0.5) is 0 Å². The van der Waals surface area contributed by atoms with Crippen molar-refractivity contribution >= 4 is 0 Å². The molecule has 1 saturated heterocycles. The van der Waals surface area contributed by atoms with Crippen LogP contribution in [0.15, 0.2) is 12.3 Å². The van der Waals surface area contributed by atoms with Crippen LogP contribution in [0.5, 0.6) is 0 Å². The zero-order valence-electron chi connectivity index (χ0n) is 10.5. The highest BCUT2D eigenvalue weighted by atomic mass is 16.5. The quantitative estimate of drug-likeness (QED) is 0.803. The lowest BCUT2D eigenvalue weighted by Gasteiger charge is -2.31. The fourth-order valence-electron chi connectivity index (χ4n) is 2.38. The van der Waals surface area contributed by atoms with E-state index in [4.69, 9.17) is 4.74 Å². The molecule has 0 aliphatic carbocycles. The fourth-order valence-corrected chi connectivity index (χ4v) is 2.38. The summed E-state index contributed by atoms with van der Waals surface area (Å²) in [7, 11) is 0. The molecule has 1 aromatic heterocycles. The van der Waals surface area contributed by atoms with Crippen LogP contribution in [0, 0.1) is 0 Å². The number of hydrogen-bond acceptors (Lipinski definition) is 4. The third-order valence-corrected chi connectivity index (χ3v) is 3.21. The van der Waals surface area contributed by atoms with Gasteiger partial charge in [-0.1, -0.05) is 0 Å². The Labute approximate surface area is 102 Å². The van der Waals surface area contributed by atoms with E-state index in [1.54, 1.807) is 6.20 Å². The minimum Gasteiger partial charge on any atom is -0.384 e. The topological polar surface area (TPSA) is 59.3 Å². The molecule has 0 spiro atoms. The van der Waals surface area contributed by atoms with E-state index in [-0.39, 0.29) is 6.04 Å². The van der Waals surface area contributed by atoms with Gasteiger partial charge in [0.15, 0.2) is 0 Å². The Morgan fingerprint density at radius 3 is 3.18 bits per heavy atom. The summed E-state index contributed by atoms with van der Waals surface area (Å²) >= 11 is 0. The van der Waals surface area contributed by atoms with Gasteiger partial charge in [0, 0.05) is 25.3 Å². The largest absolute Gasteiger partial charge is 0.384 e. The molecule has 2 unspecified atom stereocenters. The highest BCUT2D eigenvalue weighted by Gasteiger charge is 2.31. The number of aromatic nitrogens is 2. The molecule has 5 heteroatoms. The maximum absolute atomic E-state index is 10.6. The van der Waals surface area contributed by atoms with Crippen molar-refractivity contribution in [3.8, 4) is 0 Å². The maximum Gasteiger partial charge on any atom is 0.105 e. The van der Waals surface area contributed by atoms with Crippen molar-refractivity contribution < 1.29 is 9.84 Å². The van der Waals surface area contributed by atoms with Crippen molar-refractivity contribution in [2.24, 2.45) is 0 Å². The molecule has 2 rings (SSSR count). The summed E-state index contributed by atoms with van der Waals surface area (Å²) in [6.45, 7) is 6.91. The van der Waals surface area contributed by atoms with Crippen LogP contribution < -0.4 is 5.32 Å². The van der Waals surface area contributed by atoms with E-state index < -0.39 is 5.60 Å². The molecular weight excluding hydrogens is 218 g/mol. The Bertz CT molecular complexity index is 356. The van der Waals surface area contributed by atoms with Gasteiger partial charge in [-0.05, 0) is 26.3 Å². The van der Waals surface area contributed by atoms with E-state index in [0.29, 0.717) is 13.0 Å². The van der Waals surface area contributed by atoms with Gasteiger partial charge in [-0.3, -0.25) is 4.68 Å². The molecule has 1 aliphatic heterocycles. The highest BCUT2D eigenvalue weighted by molar-refractivity contribution is 5.11. The SMILES string of the molecule is CCn1nccc1C(C)(O)CC1COCCN1. The average molecular weight is 239 g/mol. The van der Waals surface area contributed by atoms with Crippen LogP contribution in [0.1, 0.15) is 26.0 Å². The standard InChI is InChI=1S/C12H21N3O2/c1-3-15-11(4-5-14-15)12(2,16)8-10-9-17-7-6-13-10/h4-5,10,13,16H,3,6-9H2,1-2H3. The lowest BCUT2D eigenvalue weighted by atomic mass is 9.93. The molecule has 0 radical (unpaired) electrons. The van der Waals surface area contributed by atoms with Gasteiger partial charge >= 0.3 is 0 Å². The number of hydrogen-bond donors (Lipinski definition) is 2. The molecule has 1 aliphatic rings. The first-order valence-electron chi connectivity index (χ1n) is 6.19. The molecule has 1 aromatic rings. The Balaban J connectivity index is 2.06. The zero-order chi connectivity index (χ0) is 12.3. The molecule has 2 heterocycles. The van der Waals surface area contributed by atoms with Crippen LogP contribution >= 0.6 is 0 Å². The summed E-state index contributed by atoms with van der Waals surface area (Å²) in [5.41, 5.74) is -0.00222. The van der Waals surface area contributed by atoms with Crippen LogP contribution in [0.25, 0.3) is 0 Å². The smallest absolute Gasteiger partial charge is 0.105 e. The number of ether oxygens (including phenoxy) is 1. The van der Waals surface area contributed by atoms with E-state index >= 15 is 0 Å². The lowest BCUT2D eigenvalue weighted by Crippen LogP contribution is -2.45. The summed E-state index contributed by atoms with van der Waals surface area (Å²) in [5, 5.41) is 18.1. The number of nitrogens with zero attached hydrogens (tertiary/aromatic N) is 2. The predicted molar refractivity (Wildman–Crippen MR) is 64.7 cm³/mol. The van der Waals surface area contributed by atoms with Crippen molar-refractivity contribution in [2.45, 2.75) is 38.5 Å². The average Bonchev–Trinajstić information content (AvgIpc) is 2.78. The molecule has 0 amide bonds. The molecule has 0 bridgehead atoms. The predicted octanol–water partition coefficient (Wildman–Crippen LogP) is 0.489. The van der Waals surface area contributed by atoms with Gasteiger partial charge in [-0.15, -0.1) is 0 Å². The molecule has 2 N–H and O–H groups in total. The number of morpholine rings is 1. The number of aryl methyl sites for hydroxylation is 1. The molecule has 5 nitrogen and oxygen atoms in total. The molecule has 0 saturated carbocycles. The third-order valence-electron chi connectivity index (χ3n) is 3.21. The van der Waals surface area contributed by atoms with Gasteiger partial charge in [-0.2, -0.15) is 5.10 Å². The Morgan fingerprint density at radius 1 is 1.71 bits per heavy atom. The first kappa shape index (κ1) is 12.5. The van der Waals surface area contributed by atoms with Gasteiger partial charge in [0.05, 0.1) is 18.9 Å². The monoisotopic (exact) mass is 239 g/mol. The van der Waals surface area contributed by atoms with Gasteiger partial charge in [0.2, 0.25) is 0 Å². The second-order valence-electron chi connectivity index (χ2n) is 4.74. The van der Waals surface area contributed by atoms with Gasteiger partial charge < -0.3 is 15.2 Å². The number of rotatable bonds is 4. The van der Waals surface area contributed by atoms with E-state index in [2.05, 4.69) is 10.4 Å². The van der Waals surface area contributed by atoms with Crippen LogP contribution in [-0.2, 0) is 16.9 Å². The number of nitrogens with one attached hydrogen (secondary N) is 1. The molecule has 1 fully saturated rings. The highest BCUT2D eigenvalue weighted by Crippen LogP contribution is 2.26. The molecular formula is C12H21N3O2. The summed E-state index contributed by atoms with van der Waals surface area (Å²) in [6.07, 6.45) is 2.37. The van der Waals surface area contributed by atoms with E-state index in [1.807, 2.05) is 24.6 Å². The normalized spacial score (nSPS) is 24.5. The molecule has 17 heavy (non-hydrogen) atoms. The van der Waals surface area contributed by atoms with E-state index in [9.17, 15) is 5.11 Å². The van der Waals surface area contributed by atoms with Crippen LogP contribution in [-0.4, -0.2) is 40.7 Å². The van der Waals surface area contributed by atoms with Crippen molar-refractivity contribution in [2.75, 3.05) is 19.8 Å². The van der Waals surface area contributed by atoms with Crippen molar-refractivity contribution in [3.63, 3.8) is 0 Å². The van der Waals surface area contributed by atoms with Gasteiger partial charge in [-0.25, -0.2) is 0 Å². The molecule has 0 aromatic carbocycles. The fraction of sp³-hybridized carbons (Fsp3) is 0.750. The minimum absolute atomic E-state index is 0.207. The first-order chi connectivity index (χ1) is 8.13. The lowest BCUT2D eigenvalue weighted by molar-refractivity contribution is -0.00229. The van der Waals surface area contributed by atoms with Crippen molar-refractivity contribution in [3.05, 3.63) is 18.0 Å². The zero-order valence-corrected chi connectivity index (χ0v) is 10.5. The summed E-state index contributed by atoms with van der Waals surface area (Å²) in [4.78, 5) is 0. The van der Waals surface area contributed by atoms with E-state index in [0.717, 1.165) is 25.4 Å². The second-order valence-corrected chi connectivity index (χ2v) is 4.74. The Morgan fingerprint density at radius 2 is 2.53 bits per heavy atom. The van der Waals surface area contributed by atoms with E-state index in [1.165, 1.54) is 0 Å². The third kappa shape index (κ3) is 2.86. The minimum atomic E-state index is -0.870. The maximum atomic E-state index is 10.6. The summed E-state index contributed by atoms with van der Waals surface area (Å²) in [6, 6.07) is 2.09. The Kier molecular flexibility index (Phi) is 3.81. The van der Waals surface area contributed by atoms with Crippen LogP contribution in [0.3, 0.4) is 0 Å². The summed E-state index contributed by atoms with van der Waals surface area (Å²) < 4.78 is 7.24. The van der Waals surface area contributed by atoms with Gasteiger partial charge in [0.1, 0.15) is 5.60 Å². The van der Waals surface area contributed by atoms with Crippen LogP contribution in [0.2, 0.25) is 0 Å². The molecule has 96 valence electrons. The van der Waals surface area contributed by atoms with Gasteiger partial charge in [0.25, 0.3) is 0 Å². The first-order valence-corrected chi connectivity index (χ1v) is 6.19. The second kappa shape index (κ2) is 5.16. The summed E-state index contributed by atoms with van der Waals surface area (Å²) in [5.74, 6) is 0. The van der Waals surface area contributed by atoms with Crippen molar-refractivity contribution in [1.29, 1.82) is 0 Å². The molecule has 2 atom stereocenters. The van der Waals surface area contributed by atoms with Crippen molar-refractivity contribution in [1.82, 2.24) is 15.1 Å². The number of aliphatic hydroxyl groups is 1.